The van der Waals surface area contributed by atoms with E-state index in [-0.39, 0.29) is 58.8 Å². The molecule has 0 atom stereocenters. The SMILES string of the molecule is [CH2-]CC=O.[CH3-].[K+]. The molecule has 0 unspecified atom stereocenters. The topological polar surface area (TPSA) is 17.1 Å². The smallest absolute Gasteiger partial charge is 0.358 e. The summed E-state index contributed by atoms with van der Waals surface area (Å²) in [5.74, 6) is 0. The summed E-state index contributed by atoms with van der Waals surface area (Å²) in [6, 6.07) is 0. The van der Waals surface area contributed by atoms with Gasteiger partial charge in [0.1, 0.15) is 0 Å². The molecule has 2 heteroatoms. The minimum absolute atomic E-state index is 0. The van der Waals surface area contributed by atoms with Gasteiger partial charge in [-0.15, -0.1) is 6.42 Å². The van der Waals surface area contributed by atoms with Gasteiger partial charge < -0.3 is 19.1 Å². The number of hydrogen-bond donors (Lipinski definition) is 0. The molecule has 0 aromatic heterocycles. The van der Waals surface area contributed by atoms with Crippen molar-refractivity contribution in [3.63, 3.8) is 0 Å². The molecule has 0 N–H and O–H groups in total. The number of rotatable bonds is 1. The molecule has 0 fully saturated rings. The molecule has 0 spiro atoms. The zero-order valence-corrected chi connectivity index (χ0v) is 7.52. The second-order valence-electron chi connectivity index (χ2n) is 0.455. The molecule has 0 bridgehead atoms. The van der Waals surface area contributed by atoms with Gasteiger partial charge in [-0.1, -0.05) is 0 Å². The zero-order chi connectivity index (χ0) is 3.41. The van der Waals surface area contributed by atoms with E-state index in [0.29, 0.717) is 6.42 Å². The third-order valence-corrected chi connectivity index (χ3v) is 0.118. The van der Waals surface area contributed by atoms with Crippen LogP contribution in [0.15, 0.2) is 0 Å². The Hall–Kier alpha value is 1.31. The molecule has 1 nitrogen and oxygen atoms in total. The standard InChI is InChI=1S/C3H5O.CH3.K/c1-2-3-4;;/h3H,1-2H2;1H3;/q2*-1;+1. The van der Waals surface area contributed by atoms with E-state index < -0.39 is 0 Å². The summed E-state index contributed by atoms with van der Waals surface area (Å²) in [5.41, 5.74) is 0. The van der Waals surface area contributed by atoms with Crippen LogP contribution in [0, 0.1) is 14.4 Å². The average Bonchev–Trinajstić information content (AvgIpc) is 1.37. The molecule has 0 aliphatic heterocycles. The van der Waals surface area contributed by atoms with Crippen LogP contribution >= 0.6 is 0 Å². The van der Waals surface area contributed by atoms with E-state index in [0.717, 1.165) is 6.29 Å². The molecule has 0 saturated heterocycles. The first kappa shape index (κ1) is 15.7. The monoisotopic (exact) mass is 111 g/mol. The second-order valence-corrected chi connectivity index (χ2v) is 0.455. The summed E-state index contributed by atoms with van der Waals surface area (Å²) >= 11 is 0. The zero-order valence-electron chi connectivity index (χ0n) is 4.40. The summed E-state index contributed by atoms with van der Waals surface area (Å²) in [6.45, 7) is 3.24. The van der Waals surface area contributed by atoms with Crippen LogP contribution in [0.2, 0.25) is 0 Å². The quantitative estimate of drug-likeness (QED) is 0.214. The van der Waals surface area contributed by atoms with Gasteiger partial charge >= 0.3 is 51.4 Å². The van der Waals surface area contributed by atoms with Gasteiger partial charge in [0, 0.05) is 0 Å². The second kappa shape index (κ2) is 16.2. The molecular weight excluding hydrogens is 103 g/mol. The van der Waals surface area contributed by atoms with Crippen LogP contribution in [0.4, 0.5) is 0 Å². The van der Waals surface area contributed by atoms with Crippen LogP contribution in [0.25, 0.3) is 0 Å². The van der Waals surface area contributed by atoms with Crippen LogP contribution in [-0.2, 0) is 4.79 Å². The van der Waals surface area contributed by atoms with Crippen LogP contribution in [0.3, 0.4) is 0 Å². The van der Waals surface area contributed by atoms with Crippen molar-refractivity contribution in [3.8, 4) is 0 Å². The van der Waals surface area contributed by atoms with Crippen molar-refractivity contribution in [3.05, 3.63) is 14.4 Å². The normalized spacial score (nSPS) is 4.17. The van der Waals surface area contributed by atoms with Crippen molar-refractivity contribution in [2.75, 3.05) is 0 Å². The van der Waals surface area contributed by atoms with Gasteiger partial charge in [-0.05, 0) is 0 Å². The van der Waals surface area contributed by atoms with Crippen molar-refractivity contribution in [1.82, 2.24) is 0 Å². The van der Waals surface area contributed by atoms with Gasteiger partial charge in [-0.2, -0.15) is 0 Å². The third-order valence-electron chi connectivity index (χ3n) is 0.118. The fraction of sp³-hybridized carbons (Fsp3) is 0.250. The van der Waals surface area contributed by atoms with E-state index in [1.54, 1.807) is 0 Å². The number of hydrogen-bond acceptors (Lipinski definition) is 1. The maximum Gasteiger partial charge on any atom is 1.00 e. The molecule has 6 heavy (non-hydrogen) atoms. The van der Waals surface area contributed by atoms with Crippen LogP contribution in [-0.4, -0.2) is 6.29 Å². The minimum Gasteiger partial charge on any atom is -0.358 e. The van der Waals surface area contributed by atoms with E-state index in [1.807, 2.05) is 0 Å². The van der Waals surface area contributed by atoms with Crippen molar-refractivity contribution < 1.29 is 56.2 Å². The minimum atomic E-state index is 0. The molecule has 0 amide bonds. The summed E-state index contributed by atoms with van der Waals surface area (Å²) in [7, 11) is 0. The molecule has 0 saturated carbocycles. The Kier molecular flexibility index (Phi) is 42.4. The molecule has 0 radical (unpaired) electrons. The molecule has 0 heterocycles. The van der Waals surface area contributed by atoms with Gasteiger partial charge in [-0.25, -0.2) is 0 Å². The molecule has 32 valence electrons. The molecule has 0 aliphatic carbocycles. The fourth-order valence-electron chi connectivity index (χ4n) is 0. The van der Waals surface area contributed by atoms with Crippen molar-refractivity contribution >= 4 is 6.29 Å². The first-order valence-corrected chi connectivity index (χ1v) is 1.14. The largest absolute Gasteiger partial charge is 1.00 e. The van der Waals surface area contributed by atoms with E-state index >= 15 is 0 Å². The van der Waals surface area contributed by atoms with Crippen LogP contribution in [0.1, 0.15) is 6.42 Å². The van der Waals surface area contributed by atoms with E-state index in [9.17, 15) is 0 Å². The van der Waals surface area contributed by atoms with Gasteiger partial charge in [0.2, 0.25) is 0 Å². The van der Waals surface area contributed by atoms with E-state index in [2.05, 4.69) is 6.92 Å². The third kappa shape index (κ3) is 18.5. The Morgan fingerprint density at radius 3 is 1.83 bits per heavy atom. The number of carbonyl (C=O) groups excluding carboxylic acids is 1. The van der Waals surface area contributed by atoms with E-state index in [1.165, 1.54) is 0 Å². The maximum absolute atomic E-state index is 9.11. The Labute approximate surface area is 81.9 Å². The fourth-order valence-corrected chi connectivity index (χ4v) is 0. The molecule has 0 aromatic carbocycles. The predicted octanol–water partition coefficient (Wildman–Crippen LogP) is -2.14. The molecule has 0 aromatic rings. The van der Waals surface area contributed by atoms with Crippen LogP contribution < -0.4 is 51.4 Å². The summed E-state index contributed by atoms with van der Waals surface area (Å²) < 4.78 is 0. The molecular formula is C4H8KO-. The van der Waals surface area contributed by atoms with Gasteiger partial charge in [0.05, 0.1) is 6.29 Å². The van der Waals surface area contributed by atoms with Crippen molar-refractivity contribution in [1.29, 1.82) is 0 Å². The summed E-state index contributed by atoms with van der Waals surface area (Å²) in [4.78, 5) is 9.11. The number of carbonyl (C=O) groups is 1. The van der Waals surface area contributed by atoms with Crippen LogP contribution in [0.5, 0.6) is 0 Å². The Bertz CT molecular complexity index is 21.5. The first-order valence-electron chi connectivity index (χ1n) is 1.14. The Morgan fingerprint density at radius 1 is 1.67 bits per heavy atom. The van der Waals surface area contributed by atoms with Gasteiger partial charge in [0.25, 0.3) is 0 Å². The summed E-state index contributed by atoms with van der Waals surface area (Å²) in [6.07, 6.45) is 1.15. The Morgan fingerprint density at radius 2 is 1.83 bits per heavy atom. The van der Waals surface area contributed by atoms with Gasteiger partial charge in [0.15, 0.2) is 0 Å². The number of aldehydes is 1. The van der Waals surface area contributed by atoms with E-state index in [4.69, 9.17) is 4.79 Å². The summed E-state index contributed by atoms with van der Waals surface area (Å²) in [5, 5.41) is 0. The first-order chi connectivity index (χ1) is 1.91. The predicted molar refractivity (Wildman–Crippen MR) is 22.5 cm³/mol. The molecule has 0 aliphatic rings. The Balaban J connectivity index is -0.0000000450. The average molecular weight is 111 g/mol. The van der Waals surface area contributed by atoms with Gasteiger partial charge in [-0.3, -0.25) is 0 Å². The maximum atomic E-state index is 9.11. The molecule has 0 rings (SSSR count). The van der Waals surface area contributed by atoms with Crippen molar-refractivity contribution in [2.45, 2.75) is 6.42 Å². The van der Waals surface area contributed by atoms with Crippen molar-refractivity contribution in [2.24, 2.45) is 0 Å².